The fraction of sp³-hybridized carbons (Fsp3) is 0.500. The van der Waals surface area contributed by atoms with E-state index in [1.165, 1.54) is 0 Å². The molecule has 0 unspecified atom stereocenters. The lowest BCUT2D eigenvalue weighted by Gasteiger charge is -2.22. The number of imidazole rings is 1. The van der Waals surface area contributed by atoms with Gasteiger partial charge in [-0.05, 0) is 24.6 Å². The fourth-order valence-corrected chi connectivity index (χ4v) is 3.42. The van der Waals surface area contributed by atoms with Crippen LogP contribution in [0.15, 0.2) is 23.0 Å². The SMILES string of the molecule is CCC(=O)N1CCCN(C(=O)c2ccc3c(c2)n(C)c(=O)n3C)CC1. The molecule has 1 aromatic heterocycles. The van der Waals surface area contributed by atoms with Crippen molar-refractivity contribution >= 4 is 22.8 Å². The summed E-state index contributed by atoms with van der Waals surface area (Å²) in [5.41, 5.74) is 2.02. The zero-order valence-electron chi connectivity index (χ0n) is 15.0. The standard InChI is InChI=1S/C18H24N4O3/c1-4-16(23)21-8-5-9-22(11-10-21)17(24)13-6-7-14-15(12-13)20(3)18(25)19(14)2/h6-7,12H,4-5,8-11H2,1-3H3. The number of aromatic nitrogens is 2. The first-order valence-electron chi connectivity index (χ1n) is 8.66. The molecule has 0 spiro atoms. The van der Waals surface area contributed by atoms with Crippen molar-refractivity contribution in [2.75, 3.05) is 26.2 Å². The number of fused-ring (bicyclic) bond motifs is 1. The number of amides is 2. The van der Waals surface area contributed by atoms with E-state index in [4.69, 9.17) is 0 Å². The van der Waals surface area contributed by atoms with Crippen LogP contribution in [0, 0.1) is 0 Å². The van der Waals surface area contributed by atoms with Crippen molar-refractivity contribution in [2.45, 2.75) is 19.8 Å². The number of nitrogens with zero attached hydrogens (tertiary/aromatic N) is 4. The van der Waals surface area contributed by atoms with Crippen LogP contribution in [-0.2, 0) is 18.9 Å². The first kappa shape index (κ1) is 17.3. The minimum Gasteiger partial charge on any atom is -0.341 e. The second kappa shape index (κ2) is 6.74. The average molecular weight is 344 g/mol. The molecule has 0 atom stereocenters. The van der Waals surface area contributed by atoms with Crippen molar-refractivity contribution in [2.24, 2.45) is 14.1 Å². The third kappa shape index (κ3) is 3.06. The summed E-state index contributed by atoms with van der Waals surface area (Å²) < 4.78 is 3.12. The van der Waals surface area contributed by atoms with Crippen molar-refractivity contribution in [1.82, 2.24) is 18.9 Å². The minimum atomic E-state index is -0.108. The molecule has 2 amide bonds. The lowest BCUT2D eigenvalue weighted by atomic mass is 10.1. The Morgan fingerprint density at radius 3 is 2.32 bits per heavy atom. The maximum atomic E-state index is 12.9. The second-order valence-corrected chi connectivity index (χ2v) is 6.48. The number of benzene rings is 1. The molecule has 7 heteroatoms. The predicted molar refractivity (Wildman–Crippen MR) is 95.6 cm³/mol. The van der Waals surface area contributed by atoms with Crippen molar-refractivity contribution < 1.29 is 9.59 Å². The van der Waals surface area contributed by atoms with E-state index in [-0.39, 0.29) is 17.5 Å². The summed E-state index contributed by atoms with van der Waals surface area (Å²) in [6, 6.07) is 5.36. The van der Waals surface area contributed by atoms with Crippen LogP contribution in [0.4, 0.5) is 0 Å². The summed E-state index contributed by atoms with van der Waals surface area (Å²) >= 11 is 0. The Labute approximate surface area is 146 Å². The Morgan fingerprint density at radius 2 is 1.60 bits per heavy atom. The number of aryl methyl sites for hydroxylation is 2. The zero-order chi connectivity index (χ0) is 18.1. The highest BCUT2D eigenvalue weighted by atomic mass is 16.2. The third-order valence-corrected chi connectivity index (χ3v) is 4.96. The lowest BCUT2D eigenvalue weighted by Crippen LogP contribution is -2.37. The van der Waals surface area contributed by atoms with Crippen molar-refractivity contribution in [3.63, 3.8) is 0 Å². The Balaban J connectivity index is 1.83. The molecule has 2 aromatic rings. The monoisotopic (exact) mass is 344 g/mol. The number of hydrogen-bond donors (Lipinski definition) is 0. The summed E-state index contributed by atoms with van der Waals surface area (Å²) in [4.78, 5) is 40.4. The molecule has 0 bridgehead atoms. The first-order valence-corrected chi connectivity index (χ1v) is 8.66. The van der Waals surface area contributed by atoms with E-state index >= 15 is 0 Å². The number of hydrogen-bond acceptors (Lipinski definition) is 3. The van der Waals surface area contributed by atoms with Gasteiger partial charge in [0.25, 0.3) is 5.91 Å². The molecule has 0 radical (unpaired) electrons. The van der Waals surface area contributed by atoms with E-state index in [9.17, 15) is 14.4 Å². The van der Waals surface area contributed by atoms with Gasteiger partial charge in [-0.3, -0.25) is 18.7 Å². The highest BCUT2D eigenvalue weighted by Gasteiger charge is 2.22. The second-order valence-electron chi connectivity index (χ2n) is 6.48. The first-order chi connectivity index (χ1) is 11.9. The minimum absolute atomic E-state index is 0.0519. The maximum absolute atomic E-state index is 12.9. The van der Waals surface area contributed by atoms with Crippen LogP contribution >= 0.6 is 0 Å². The van der Waals surface area contributed by atoms with Crippen LogP contribution in [0.5, 0.6) is 0 Å². The lowest BCUT2D eigenvalue weighted by molar-refractivity contribution is -0.130. The molecule has 1 aliphatic rings. The number of carbonyl (C=O) groups excluding carboxylic acids is 2. The van der Waals surface area contributed by atoms with Crippen molar-refractivity contribution in [3.8, 4) is 0 Å². The fourth-order valence-electron chi connectivity index (χ4n) is 3.42. The molecule has 1 saturated heterocycles. The molecule has 25 heavy (non-hydrogen) atoms. The third-order valence-electron chi connectivity index (χ3n) is 4.96. The van der Waals surface area contributed by atoms with Gasteiger partial charge in [-0.25, -0.2) is 4.79 Å². The number of rotatable bonds is 2. The summed E-state index contributed by atoms with van der Waals surface area (Å²) in [6.45, 7) is 4.30. The van der Waals surface area contributed by atoms with Gasteiger partial charge in [-0.15, -0.1) is 0 Å². The normalized spacial score (nSPS) is 15.5. The van der Waals surface area contributed by atoms with Gasteiger partial charge < -0.3 is 9.80 Å². The Morgan fingerprint density at radius 1 is 0.960 bits per heavy atom. The highest BCUT2D eigenvalue weighted by molar-refractivity contribution is 5.97. The van der Waals surface area contributed by atoms with Gasteiger partial charge in [-0.2, -0.15) is 0 Å². The van der Waals surface area contributed by atoms with Crippen molar-refractivity contribution in [3.05, 3.63) is 34.2 Å². The zero-order valence-corrected chi connectivity index (χ0v) is 15.0. The maximum Gasteiger partial charge on any atom is 0.328 e. The van der Waals surface area contributed by atoms with E-state index in [0.717, 1.165) is 17.5 Å². The average Bonchev–Trinajstić information content (AvgIpc) is 2.83. The number of carbonyl (C=O) groups is 2. The molecule has 1 aromatic carbocycles. The summed E-state index contributed by atoms with van der Waals surface area (Å²) in [5.74, 6) is 0.0824. The van der Waals surface area contributed by atoms with Crippen LogP contribution in [-0.4, -0.2) is 56.9 Å². The molecule has 1 fully saturated rings. The van der Waals surface area contributed by atoms with Gasteiger partial charge in [0.2, 0.25) is 5.91 Å². The quantitative estimate of drug-likeness (QED) is 0.815. The van der Waals surface area contributed by atoms with E-state index in [0.29, 0.717) is 38.2 Å². The molecule has 0 saturated carbocycles. The van der Waals surface area contributed by atoms with Crippen LogP contribution in [0.25, 0.3) is 11.0 Å². The smallest absolute Gasteiger partial charge is 0.328 e. The molecule has 0 N–H and O–H groups in total. The Hall–Kier alpha value is -2.57. The van der Waals surface area contributed by atoms with E-state index in [1.54, 1.807) is 40.3 Å². The van der Waals surface area contributed by atoms with Crippen LogP contribution in [0.3, 0.4) is 0 Å². The summed E-state index contributed by atoms with van der Waals surface area (Å²) in [7, 11) is 3.43. The van der Waals surface area contributed by atoms with Crippen LogP contribution in [0.1, 0.15) is 30.1 Å². The molecule has 1 aliphatic heterocycles. The van der Waals surface area contributed by atoms with E-state index in [1.807, 2.05) is 17.9 Å². The van der Waals surface area contributed by atoms with E-state index < -0.39 is 0 Å². The Bertz CT molecular complexity index is 880. The molecule has 134 valence electrons. The molecular weight excluding hydrogens is 320 g/mol. The topological polar surface area (TPSA) is 67.6 Å². The molecular formula is C18H24N4O3. The predicted octanol–water partition coefficient (Wildman–Crippen LogP) is 0.961. The van der Waals surface area contributed by atoms with Gasteiger partial charge in [-0.1, -0.05) is 6.92 Å². The highest BCUT2D eigenvalue weighted by Crippen LogP contribution is 2.16. The van der Waals surface area contributed by atoms with Crippen LogP contribution < -0.4 is 5.69 Å². The largest absolute Gasteiger partial charge is 0.341 e. The van der Waals surface area contributed by atoms with Gasteiger partial charge in [0.1, 0.15) is 0 Å². The van der Waals surface area contributed by atoms with E-state index in [2.05, 4.69) is 0 Å². The molecule has 7 nitrogen and oxygen atoms in total. The summed E-state index contributed by atoms with van der Waals surface area (Å²) in [5, 5.41) is 0. The van der Waals surface area contributed by atoms with Gasteiger partial charge in [0, 0.05) is 52.3 Å². The van der Waals surface area contributed by atoms with Gasteiger partial charge in [0.05, 0.1) is 11.0 Å². The van der Waals surface area contributed by atoms with Crippen LogP contribution in [0.2, 0.25) is 0 Å². The van der Waals surface area contributed by atoms with Gasteiger partial charge >= 0.3 is 5.69 Å². The Kier molecular flexibility index (Phi) is 4.65. The summed E-state index contributed by atoms with van der Waals surface area (Å²) in [6.07, 6.45) is 1.27. The van der Waals surface area contributed by atoms with Gasteiger partial charge in [0.15, 0.2) is 0 Å². The molecule has 0 aliphatic carbocycles. The van der Waals surface area contributed by atoms with Crippen molar-refractivity contribution in [1.29, 1.82) is 0 Å². The molecule has 2 heterocycles. The molecule has 3 rings (SSSR count).